The van der Waals surface area contributed by atoms with Crippen molar-refractivity contribution in [2.45, 2.75) is 20.3 Å². The van der Waals surface area contributed by atoms with Crippen molar-refractivity contribution in [1.82, 2.24) is 5.32 Å². The van der Waals surface area contributed by atoms with E-state index in [0.717, 1.165) is 24.4 Å². The van der Waals surface area contributed by atoms with Crippen molar-refractivity contribution in [1.29, 1.82) is 0 Å². The summed E-state index contributed by atoms with van der Waals surface area (Å²) in [6.45, 7) is 4.92. The van der Waals surface area contributed by atoms with Gasteiger partial charge in [0.05, 0.1) is 11.0 Å². The minimum absolute atomic E-state index is 0.198. The molecular formula is C11H17N3OS. The topological polar surface area (TPSA) is 53.8 Å². The van der Waals surface area contributed by atoms with Crippen LogP contribution in [-0.4, -0.2) is 18.5 Å². The maximum atomic E-state index is 9.75. The van der Waals surface area contributed by atoms with Gasteiger partial charge in [-0.3, -0.25) is 0 Å². The molecule has 88 valence electrons. The van der Waals surface area contributed by atoms with Crippen molar-refractivity contribution in [3.63, 3.8) is 0 Å². The highest BCUT2D eigenvalue weighted by Crippen LogP contribution is 2.10. The Labute approximate surface area is 101 Å². The lowest BCUT2D eigenvalue weighted by atomic mass is 10.2. The molecule has 0 aromatic rings. The normalized spacial score (nSPS) is 13.4. The van der Waals surface area contributed by atoms with Crippen LogP contribution in [0.2, 0.25) is 0 Å². The van der Waals surface area contributed by atoms with Crippen LogP contribution in [0.5, 0.6) is 0 Å². The second kappa shape index (κ2) is 10.2. The monoisotopic (exact) mass is 239 g/mol. The van der Waals surface area contributed by atoms with E-state index in [9.17, 15) is 4.91 Å². The van der Waals surface area contributed by atoms with E-state index in [1.807, 2.05) is 12.3 Å². The summed E-state index contributed by atoms with van der Waals surface area (Å²) in [5.41, 5.74) is 0.796. The maximum absolute atomic E-state index is 9.75. The molecule has 1 atom stereocenters. The van der Waals surface area contributed by atoms with Gasteiger partial charge in [-0.15, -0.1) is 28.2 Å². The van der Waals surface area contributed by atoms with Crippen LogP contribution < -0.4 is 5.32 Å². The van der Waals surface area contributed by atoms with E-state index >= 15 is 0 Å². The second-order valence-corrected chi connectivity index (χ2v) is 4.16. The van der Waals surface area contributed by atoms with Gasteiger partial charge in [-0.1, -0.05) is 19.8 Å². The van der Waals surface area contributed by atoms with Crippen LogP contribution in [0, 0.1) is 23.2 Å². The molecule has 0 aliphatic rings. The number of thioether (sulfide) groups is 1. The molecule has 1 N–H and O–H groups in total. The maximum Gasteiger partial charge on any atom is 0.0914 e. The number of hydrogen-bond donors (Lipinski definition) is 1. The number of nitrogens with one attached hydrogen (secondary N) is 1. The van der Waals surface area contributed by atoms with Gasteiger partial charge in [-0.05, 0) is 6.42 Å². The van der Waals surface area contributed by atoms with Gasteiger partial charge in [0.2, 0.25) is 0 Å². The summed E-state index contributed by atoms with van der Waals surface area (Å²) in [5, 5.41) is 10.8. The molecule has 0 saturated heterocycles. The van der Waals surface area contributed by atoms with E-state index in [2.05, 4.69) is 28.5 Å². The lowest BCUT2D eigenvalue weighted by molar-refractivity contribution is 0.790. The van der Waals surface area contributed by atoms with E-state index in [0.29, 0.717) is 0 Å². The zero-order valence-electron chi connectivity index (χ0n) is 9.64. The van der Waals surface area contributed by atoms with Crippen LogP contribution in [0.25, 0.3) is 0 Å². The summed E-state index contributed by atoms with van der Waals surface area (Å²) in [7, 11) is 0. The van der Waals surface area contributed by atoms with E-state index in [1.165, 1.54) is 6.21 Å². The SMILES string of the molecule is C#C/C(=C\SCC(C)C=NN=O)NCCC. The van der Waals surface area contributed by atoms with E-state index in [1.54, 1.807) is 11.8 Å². The third kappa shape index (κ3) is 8.06. The Morgan fingerprint density at radius 1 is 1.69 bits per heavy atom. The van der Waals surface area contributed by atoms with Crippen molar-refractivity contribution in [3.05, 3.63) is 16.0 Å². The summed E-state index contributed by atoms with van der Waals surface area (Å²) < 4.78 is 0. The predicted molar refractivity (Wildman–Crippen MR) is 71.1 cm³/mol. The van der Waals surface area contributed by atoms with Crippen LogP contribution in [0.3, 0.4) is 0 Å². The van der Waals surface area contributed by atoms with Gasteiger partial charge in [-0.2, -0.15) is 0 Å². The fourth-order valence-corrected chi connectivity index (χ4v) is 1.66. The van der Waals surface area contributed by atoms with Gasteiger partial charge in [-0.25, -0.2) is 0 Å². The highest BCUT2D eigenvalue weighted by Gasteiger charge is 1.97. The largest absolute Gasteiger partial charge is 0.378 e. The Bertz CT molecular complexity index is 294. The fourth-order valence-electron chi connectivity index (χ4n) is 0.854. The lowest BCUT2D eigenvalue weighted by Crippen LogP contribution is -2.12. The van der Waals surface area contributed by atoms with Crippen LogP contribution in [0.4, 0.5) is 0 Å². The second-order valence-electron chi connectivity index (χ2n) is 3.26. The molecule has 0 radical (unpaired) electrons. The van der Waals surface area contributed by atoms with Crippen molar-refractivity contribution < 1.29 is 0 Å². The van der Waals surface area contributed by atoms with E-state index in [4.69, 9.17) is 6.42 Å². The fraction of sp³-hybridized carbons (Fsp3) is 0.545. The minimum atomic E-state index is 0.198. The van der Waals surface area contributed by atoms with Gasteiger partial charge in [0.25, 0.3) is 0 Å². The van der Waals surface area contributed by atoms with Crippen LogP contribution >= 0.6 is 11.8 Å². The van der Waals surface area contributed by atoms with Crippen molar-refractivity contribution in [3.8, 4) is 12.3 Å². The molecule has 0 aliphatic carbocycles. The molecule has 0 spiro atoms. The Kier molecular flexibility index (Phi) is 9.43. The molecule has 0 amide bonds. The van der Waals surface area contributed by atoms with Crippen LogP contribution in [0.1, 0.15) is 20.3 Å². The van der Waals surface area contributed by atoms with Crippen LogP contribution in [0.15, 0.2) is 21.5 Å². The Morgan fingerprint density at radius 2 is 2.44 bits per heavy atom. The summed E-state index contributed by atoms with van der Waals surface area (Å²) in [6, 6.07) is 0. The van der Waals surface area contributed by atoms with Gasteiger partial charge >= 0.3 is 0 Å². The Balaban J connectivity index is 3.91. The van der Waals surface area contributed by atoms with Gasteiger partial charge in [0.1, 0.15) is 0 Å². The molecule has 0 saturated carbocycles. The quantitative estimate of drug-likeness (QED) is 0.306. The summed E-state index contributed by atoms with van der Waals surface area (Å²) in [4.78, 5) is 9.75. The molecule has 0 aromatic carbocycles. The number of allylic oxidation sites excluding steroid dienone is 1. The number of nitroso groups, excluding NO2 is 1. The highest BCUT2D eigenvalue weighted by molar-refractivity contribution is 8.02. The van der Waals surface area contributed by atoms with Crippen LogP contribution in [-0.2, 0) is 0 Å². The first-order chi connectivity index (χ1) is 7.74. The number of hydrogen-bond acceptors (Lipinski definition) is 4. The average molecular weight is 239 g/mol. The number of terminal acetylenes is 1. The summed E-state index contributed by atoms with van der Waals surface area (Å²) in [5.74, 6) is 3.60. The molecule has 0 heterocycles. The van der Waals surface area contributed by atoms with Gasteiger partial charge in [0, 0.05) is 29.8 Å². The van der Waals surface area contributed by atoms with Gasteiger partial charge in [0.15, 0.2) is 0 Å². The third-order valence-electron chi connectivity index (χ3n) is 1.65. The predicted octanol–water partition coefficient (Wildman–Crippen LogP) is 2.58. The smallest absolute Gasteiger partial charge is 0.0914 e. The average Bonchev–Trinajstić information content (AvgIpc) is 2.30. The zero-order valence-corrected chi connectivity index (χ0v) is 10.5. The summed E-state index contributed by atoms with van der Waals surface area (Å²) >= 11 is 1.59. The molecular weight excluding hydrogens is 222 g/mol. The molecule has 4 nitrogen and oxygen atoms in total. The van der Waals surface area contributed by atoms with Crippen molar-refractivity contribution in [2.24, 2.45) is 16.3 Å². The molecule has 0 fully saturated rings. The van der Waals surface area contributed by atoms with E-state index < -0.39 is 0 Å². The van der Waals surface area contributed by atoms with Crippen molar-refractivity contribution >= 4 is 18.0 Å². The third-order valence-corrected chi connectivity index (χ3v) is 2.77. The highest BCUT2D eigenvalue weighted by atomic mass is 32.2. The zero-order chi connectivity index (χ0) is 12.2. The Hall–Kier alpha value is -1.28. The Morgan fingerprint density at radius 3 is 3.00 bits per heavy atom. The minimum Gasteiger partial charge on any atom is -0.378 e. The summed E-state index contributed by atoms with van der Waals surface area (Å²) in [6.07, 6.45) is 7.90. The molecule has 0 bridgehead atoms. The molecule has 1 unspecified atom stereocenters. The van der Waals surface area contributed by atoms with Crippen molar-refractivity contribution in [2.75, 3.05) is 12.3 Å². The molecule has 0 rings (SSSR count). The first kappa shape index (κ1) is 14.7. The van der Waals surface area contributed by atoms with E-state index in [-0.39, 0.29) is 5.92 Å². The number of rotatable bonds is 8. The first-order valence-electron chi connectivity index (χ1n) is 5.12. The molecule has 5 heteroatoms. The molecule has 0 aromatic heterocycles. The first-order valence-corrected chi connectivity index (χ1v) is 6.17. The lowest BCUT2D eigenvalue weighted by Gasteiger charge is -2.04. The van der Waals surface area contributed by atoms with Gasteiger partial charge < -0.3 is 5.32 Å². The number of nitrogens with zero attached hydrogens (tertiary/aromatic N) is 2. The standard InChI is InChI=1S/C11H17N3OS/c1-4-6-12-11(5-2)9-16-8-10(3)7-13-14-15/h2,7,9-10,12H,4,6,8H2,1,3H3/b11-9+,13-7?. The molecule has 0 aliphatic heterocycles. The molecule has 16 heavy (non-hydrogen) atoms.